The summed E-state index contributed by atoms with van der Waals surface area (Å²) in [4.78, 5) is 11.4. The number of hydrogen-bond acceptors (Lipinski definition) is 3. The zero-order valence-electron chi connectivity index (χ0n) is 10.5. The smallest absolute Gasteiger partial charge is 0.333 e. The number of carbonyl (C=O) groups is 1. The summed E-state index contributed by atoms with van der Waals surface area (Å²) in [5.41, 5.74) is 2.69. The van der Waals surface area contributed by atoms with Gasteiger partial charge in [0.2, 0.25) is 0 Å². The number of esters is 1. The summed E-state index contributed by atoms with van der Waals surface area (Å²) < 4.78 is 9.94. The monoisotopic (exact) mass is 234 g/mol. The van der Waals surface area contributed by atoms with Crippen LogP contribution in [0.5, 0.6) is 0 Å². The molecule has 0 aliphatic heterocycles. The van der Waals surface area contributed by atoms with Gasteiger partial charge < -0.3 is 9.47 Å². The molecule has 0 fully saturated rings. The molecule has 0 atom stereocenters. The van der Waals surface area contributed by atoms with Crippen molar-refractivity contribution in [3.63, 3.8) is 0 Å². The Morgan fingerprint density at radius 2 is 1.94 bits per heavy atom. The van der Waals surface area contributed by atoms with E-state index in [1.54, 1.807) is 21.0 Å². The van der Waals surface area contributed by atoms with Crippen molar-refractivity contribution in [1.82, 2.24) is 0 Å². The predicted octanol–water partition coefficient (Wildman–Crippen LogP) is 2.80. The minimum Gasteiger partial charge on any atom is -0.463 e. The standard InChI is InChI=1S/C14H18O3/c1-4-17-14(15)11(2)9-12-5-7-13(8-6-12)10-16-3/h5-9H,4,10H2,1-3H3/b11-9+. The van der Waals surface area contributed by atoms with Crippen molar-refractivity contribution in [2.24, 2.45) is 0 Å². The van der Waals surface area contributed by atoms with Crippen LogP contribution in [-0.2, 0) is 20.9 Å². The van der Waals surface area contributed by atoms with Crippen LogP contribution < -0.4 is 0 Å². The molecule has 0 N–H and O–H groups in total. The minimum atomic E-state index is -0.270. The molecule has 0 saturated carbocycles. The maximum Gasteiger partial charge on any atom is 0.333 e. The number of benzene rings is 1. The van der Waals surface area contributed by atoms with Crippen molar-refractivity contribution in [1.29, 1.82) is 0 Å². The van der Waals surface area contributed by atoms with E-state index in [0.717, 1.165) is 11.1 Å². The maximum atomic E-state index is 11.4. The van der Waals surface area contributed by atoms with Crippen LogP contribution in [0, 0.1) is 0 Å². The third-order valence-electron chi connectivity index (χ3n) is 2.27. The highest BCUT2D eigenvalue weighted by atomic mass is 16.5. The second-order valence-electron chi connectivity index (χ2n) is 3.72. The molecular weight excluding hydrogens is 216 g/mol. The minimum absolute atomic E-state index is 0.270. The zero-order valence-corrected chi connectivity index (χ0v) is 10.5. The van der Waals surface area contributed by atoms with Gasteiger partial charge in [0.25, 0.3) is 0 Å². The van der Waals surface area contributed by atoms with Crippen LogP contribution in [0.25, 0.3) is 6.08 Å². The molecular formula is C14H18O3. The van der Waals surface area contributed by atoms with Gasteiger partial charge in [-0.05, 0) is 31.1 Å². The Bertz CT molecular complexity index is 390. The van der Waals surface area contributed by atoms with Crippen LogP contribution in [0.1, 0.15) is 25.0 Å². The molecule has 0 amide bonds. The van der Waals surface area contributed by atoms with E-state index < -0.39 is 0 Å². The Labute approximate surface area is 102 Å². The van der Waals surface area contributed by atoms with Gasteiger partial charge in [0.1, 0.15) is 0 Å². The lowest BCUT2D eigenvalue weighted by Gasteiger charge is -2.03. The van der Waals surface area contributed by atoms with Crippen molar-refractivity contribution in [3.8, 4) is 0 Å². The first-order chi connectivity index (χ1) is 8.17. The van der Waals surface area contributed by atoms with E-state index in [0.29, 0.717) is 18.8 Å². The summed E-state index contributed by atoms with van der Waals surface area (Å²) in [7, 11) is 1.67. The average molecular weight is 234 g/mol. The Hall–Kier alpha value is -1.61. The van der Waals surface area contributed by atoms with Crippen LogP contribution in [0.15, 0.2) is 29.8 Å². The fourth-order valence-electron chi connectivity index (χ4n) is 1.43. The Balaban J connectivity index is 2.73. The first kappa shape index (κ1) is 13.5. The van der Waals surface area contributed by atoms with Crippen LogP contribution in [0.3, 0.4) is 0 Å². The second-order valence-corrected chi connectivity index (χ2v) is 3.72. The number of rotatable bonds is 5. The van der Waals surface area contributed by atoms with E-state index in [-0.39, 0.29) is 5.97 Å². The van der Waals surface area contributed by atoms with Gasteiger partial charge in [0.05, 0.1) is 13.2 Å². The molecule has 0 radical (unpaired) electrons. The molecule has 3 heteroatoms. The van der Waals surface area contributed by atoms with E-state index in [1.165, 1.54) is 0 Å². The number of methoxy groups -OCH3 is 1. The van der Waals surface area contributed by atoms with Gasteiger partial charge in [-0.25, -0.2) is 4.79 Å². The highest BCUT2D eigenvalue weighted by Crippen LogP contribution is 2.10. The lowest BCUT2D eigenvalue weighted by atomic mass is 10.1. The maximum absolute atomic E-state index is 11.4. The average Bonchev–Trinajstić information content (AvgIpc) is 2.32. The molecule has 0 saturated heterocycles. The molecule has 1 aromatic rings. The summed E-state index contributed by atoms with van der Waals surface area (Å²) in [5, 5.41) is 0. The summed E-state index contributed by atoms with van der Waals surface area (Å²) in [6, 6.07) is 7.87. The van der Waals surface area contributed by atoms with Crippen molar-refractivity contribution in [2.45, 2.75) is 20.5 Å². The van der Waals surface area contributed by atoms with Crippen molar-refractivity contribution < 1.29 is 14.3 Å². The SMILES string of the molecule is CCOC(=O)/C(C)=C/c1ccc(COC)cc1. The van der Waals surface area contributed by atoms with Crippen LogP contribution in [-0.4, -0.2) is 19.7 Å². The first-order valence-corrected chi connectivity index (χ1v) is 5.60. The van der Waals surface area contributed by atoms with Gasteiger partial charge in [-0.3, -0.25) is 0 Å². The third kappa shape index (κ3) is 4.41. The first-order valence-electron chi connectivity index (χ1n) is 5.60. The van der Waals surface area contributed by atoms with Gasteiger partial charge in [-0.15, -0.1) is 0 Å². The molecule has 0 heterocycles. The Kier molecular flexibility index (Phi) is 5.43. The van der Waals surface area contributed by atoms with E-state index in [9.17, 15) is 4.79 Å². The van der Waals surface area contributed by atoms with Gasteiger partial charge in [0.15, 0.2) is 0 Å². The quantitative estimate of drug-likeness (QED) is 0.580. The largest absolute Gasteiger partial charge is 0.463 e. The molecule has 0 aliphatic carbocycles. The van der Waals surface area contributed by atoms with Gasteiger partial charge in [-0.1, -0.05) is 24.3 Å². The fraction of sp³-hybridized carbons (Fsp3) is 0.357. The van der Waals surface area contributed by atoms with E-state index in [4.69, 9.17) is 9.47 Å². The molecule has 3 nitrogen and oxygen atoms in total. The molecule has 0 unspecified atom stereocenters. The summed E-state index contributed by atoms with van der Waals surface area (Å²) in [6.07, 6.45) is 1.81. The van der Waals surface area contributed by atoms with Crippen molar-refractivity contribution in [3.05, 3.63) is 41.0 Å². The highest BCUT2D eigenvalue weighted by Gasteiger charge is 2.04. The fourth-order valence-corrected chi connectivity index (χ4v) is 1.43. The molecule has 17 heavy (non-hydrogen) atoms. The molecule has 0 bridgehead atoms. The number of carbonyl (C=O) groups excluding carboxylic acids is 1. The van der Waals surface area contributed by atoms with E-state index >= 15 is 0 Å². The van der Waals surface area contributed by atoms with E-state index in [2.05, 4.69) is 0 Å². The van der Waals surface area contributed by atoms with Crippen LogP contribution in [0.4, 0.5) is 0 Å². The van der Waals surface area contributed by atoms with Gasteiger partial charge in [0, 0.05) is 12.7 Å². The van der Waals surface area contributed by atoms with Crippen LogP contribution >= 0.6 is 0 Å². The highest BCUT2D eigenvalue weighted by molar-refractivity contribution is 5.92. The summed E-state index contributed by atoms with van der Waals surface area (Å²) in [5.74, 6) is -0.270. The Morgan fingerprint density at radius 3 is 2.47 bits per heavy atom. The van der Waals surface area contributed by atoms with E-state index in [1.807, 2.05) is 30.3 Å². The summed E-state index contributed by atoms with van der Waals surface area (Å²) >= 11 is 0. The molecule has 92 valence electrons. The third-order valence-corrected chi connectivity index (χ3v) is 2.27. The molecule has 1 aromatic carbocycles. The molecule has 0 spiro atoms. The normalized spacial score (nSPS) is 11.4. The number of hydrogen-bond donors (Lipinski definition) is 0. The van der Waals surface area contributed by atoms with Gasteiger partial charge >= 0.3 is 5.97 Å². The van der Waals surface area contributed by atoms with Gasteiger partial charge in [-0.2, -0.15) is 0 Å². The summed E-state index contributed by atoms with van der Waals surface area (Å²) in [6.45, 7) is 4.55. The zero-order chi connectivity index (χ0) is 12.7. The van der Waals surface area contributed by atoms with Crippen molar-refractivity contribution in [2.75, 3.05) is 13.7 Å². The second kappa shape index (κ2) is 6.86. The lowest BCUT2D eigenvalue weighted by molar-refractivity contribution is -0.138. The van der Waals surface area contributed by atoms with Crippen LogP contribution in [0.2, 0.25) is 0 Å². The predicted molar refractivity (Wildman–Crippen MR) is 67.4 cm³/mol. The lowest BCUT2D eigenvalue weighted by Crippen LogP contribution is -2.04. The Morgan fingerprint density at radius 1 is 1.29 bits per heavy atom. The molecule has 0 aromatic heterocycles. The van der Waals surface area contributed by atoms with Crippen molar-refractivity contribution >= 4 is 12.0 Å². The molecule has 0 aliphatic rings. The molecule has 1 rings (SSSR count). The number of ether oxygens (including phenoxy) is 2. The topological polar surface area (TPSA) is 35.5 Å².